The van der Waals surface area contributed by atoms with Crippen LogP contribution in [-0.4, -0.2) is 63.9 Å². The number of hydrogen-bond acceptors (Lipinski definition) is 8. The van der Waals surface area contributed by atoms with Crippen molar-refractivity contribution in [3.8, 4) is 23.0 Å². The highest BCUT2D eigenvalue weighted by Crippen LogP contribution is 2.34. The number of carbonyl (C=O) groups excluding carboxylic acids is 1. The number of halogens is 1. The average molecular weight is 577 g/mol. The lowest BCUT2D eigenvalue weighted by molar-refractivity contribution is 0.262. The lowest BCUT2D eigenvalue weighted by Gasteiger charge is -2.34. The lowest BCUT2D eigenvalue weighted by atomic mass is 10.1. The van der Waals surface area contributed by atoms with Crippen LogP contribution in [0.15, 0.2) is 67.0 Å². The number of rotatable bonds is 5. The number of hydrogen-bond donors (Lipinski definition) is 3. The summed E-state index contributed by atoms with van der Waals surface area (Å²) in [5, 5.41) is 20.5. The van der Waals surface area contributed by atoms with Crippen molar-refractivity contribution in [2.24, 2.45) is 0 Å². The first-order chi connectivity index (χ1) is 20.8. The molecule has 0 spiro atoms. The third-order valence-corrected chi connectivity index (χ3v) is 7.46. The second-order valence-corrected chi connectivity index (χ2v) is 10.5. The molecule has 0 unspecified atom stereocenters. The minimum absolute atomic E-state index is 0.00637. The molecule has 6 rings (SSSR count). The number of carbonyl (C=O) groups is 1. The minimum Gasteiger partial charge on any atom is -0.383 e. The molecule has 12 heteroatoms. The maximum Gasteiger partial charge on any atom is 0.323 e. The van der Waals surface area contributed by atoms with Gasteiger partial charge in [0.25, 0.3) is 0 Å². The Kier molecular flexibility index (Phi) is 7.31. The molecule has 216 valence electrons. The molecule has 2 amide bonds. The molecule has 3 heterocycles. The van der Waals surface area contributed by atoms with E-state index in [-0.39, 0.29) is 11.5 Å². The molecule has 11 nitrogen and oxygen atoms in total. The van der Waals surface area contributed by atoms with Gasteiger partial charge in [-0.3, -0.25) is 0 Å². The molecule has 0 atom stereocenters. The van der Waals surface area contributed by atoms with Crippen molar-refractivity contribution in [2.45, 2.75) is 6.92 Å². The molecule has 4 N–H and O–H groups in total. The van der Waals surface area contributed by atoms with Crippen LogP contribution in [0.2, 0.25) is 0 Å². The molecule has 2 aromatic heterocycles. The summed E-state index contributed by atoms with van der Waals surface area (Å²) in [6.45, 7) is 5.52. The first kappa shape index (κ1) is 27.6. The molecule has 43 heavy (non-hydrogen) atoms. The van der Waals surface area contributed by atoms with E-state index in [9.17, 15) is 10.1 Å². The number of aromatic nitrogens is 4. The van der Waals surface area contributed by atoms with Crippen molar-refractivity contribution in [2.75, 3.05) is 54.5 Å². The topological polar surface area (TPSA) is 141 Å². The number of nitriles is 1. The van der Waals surface area contributed by atoms with Gasteiger partial charge in [0.1, 0.15) is 29.7 Å². The maximum absolute atomic E-state index is 15.3. The number of piperazine rings is 1. The van der Waals surface area contributed by atoms with Crippen molar-refractivity contribution >= 4 is 39.9 Å². The van der Waals surface area contributed by atoms with Crippen LogP contribution in [0, 0.1) is 24.1 Å². The van der Waals surface area contributed by atoms with Crippen molar-refractivity contribution < 1.29 is 9.18 Å². The Morgan fingerprint density at radius 2 is 1.84 bits per heavy atom. The summed E-state index contributed by atoms with van der Waals surface area (Å²) >= 11 is 0. The fraction of sp³-hybridized carbons (Fsp3) is 0.194. The zero-order chi connectivity index (χ0) is 30.1. The Labute approximate surface area is 247 Å². The SMILES string of the molecule is Cc1cccc(NC(=O)Nc2ccc(-c3nn(-c4ccc(N5CCN(C)CC5)cc4C#N)c4ncnc(N)c34)cc2F)c1. The van der Waals surface area contributed by atoms with Gasteiger partial charge in [-0.05, 0) is 62.0 Å². The predicted octanol–water partition coefficient (Wildman–Crippen LogP) is 4.78. The van der Waals surface area contributed by atoms with E-state index >= 15 is 4.39 Å². The number of amides is 2. The van der Waals surface area contributed by atoms with Gasteiger partial charge in [-0.2, -0.15) is 10.4 Å². The summed E-state index contributed by atoms with van der Waals surface area (Å²) in [5.74, 6) is -0.497. The molecule has 1 aliphatic rings. The molecule has 0 saturated carbocycles. The highest BCUT2D eigenvalue weighted by Gasteiger charge is 2.22. The Hall–Kier alpha value is -5.54. The monoisotopic (exact) mass is 576 g/mol. The minimum atomic E-state index is -0.663. The van der Waals surface area contributed by atoms with E-state index in [2.05, 4.69) is 43.5 Å². The molecule has 1 fully saturated rings. The number of fused-ring (bicyclic) bond motifs is 1. The van der Waals surface area contributed by atoms with E-state index in [1.165, 1.54) is 23.1 Å². The van der Waals surface area contributed by atoms with Crippen molar-refractivity contribution in [1.29, 1.82) is 5.26 Å². The largest absolute Gasteiger partial charge is 0.383 e. The van der Waals surface area contributed by atoms with Gasteiger partial charge in [-0.15, -0.1) is 0 Å². The predicted molar refractivity (Wildman–Crippen MR) is 165 cm³/mol. The van der Waals surface area contributed by atoms with Crippen LogP contribution < -0.4 is 21.3 Å². The van der Waals surface area contributed by atoms with Crippen LogP contribution in [0.5, 0.6) is 0 Å². The molecule has 0 aliphatic carbocycles. The molecular formula is C31H29FN10O. The van der Waals surface area contributed by atoms with E-state index in [1.807, 2.05) is 43.3 Å². The van der Waals surface area contributed by atoms with E-state index in [4.69, 9.17) is 10.8 Å². The van der Waals surface area contributed by atoms with Crippen LogP contribution >= 0.6 is 0 Å². The molecule has 5 aromatic rings. The van der Waals surface area contributed by atoms with E-state index in [1.54, 1.807) is 12.1 Å². The number of urea groups is 1. The fourth-order valence-corrected chi connectivity index (χ4v) is 5.18. The van der Waals surface area contributed by atoms with Crippen molar-refractivity contribution in [1.82, 2.24) is 24.6 Å². The van der Waals surface area contributed by atoms with Gasteiger partial charge in [0.15, 0.2) is 5.65 Å². The first-order valence-corrected chi connectivity index (χ1v) is 13.7. The first-order valence-electron chi connectivity index (χ1n) is 13.7. The smallest absolute Gasteiger partial charge is 0.323 e. The summed E-state index contributed by atoms with van der Waals surface area (Å²) in [7, 11) is 2.09. The van der Waals surface area contributed by atoms with Crippen LogP contribution in [0.1, 0.15) is 11.1 Å². The van der Waals surface area contributed by atoms with Crippen molar-refractivity contribution in [3.63, 3.8) is 0 Å². The average Bonchev–Trinajstić information content (AvgIpc) is 3.39. The third-order valence-electron chi connectivity index (χ3n) is 7.46. The van der Waals surface area contributed by atoms with E-state index in [0.29, 0.717) is 39.2 Å². The number of nitrogens with two attached hydrogens (primary N) is 1. The zero-order valence-corrected chi connectivity index (χ0v) is 23.7. The van der Waals surface area contributed by atoms with Gasteiger partial charge < -0.3 is 26.2 Å². The van der Waals surface area contributed by atoms with Crippen LogP contribution in [0.25, 0.3) is 28.0 Å². The third kappa shape index (κ3) is 5.53. The Bertz CT molecular complexity index is 1890. The maximum atomic E-state index is 15.3. The highest BCUT2D eigenvalue weighted by atomic mass is 19.1. The van der Waals surface area contributed by atoms with Gasteiger partial charge in [0.05, 0.1) is 22.3 Å². The quantitative estimate of drug-likeness (QED) is 0.272. The molecule has 0 bridgehead atoms. The summed E-state index contributed by atoms with van der Waals surface area (Å²) in [4.78, 5) is 25.6. The van der Waals surface area contributed by atoms with Gasteiger partial charge >= 0.3 is 6.03 Å². The van der Waals surface area contributed by atoms with Gasteiger partial charge in [-0.25, -0.2) is 23.8 Å². The van der Waals surface area contributed by atoms with E-state index in [0.717, 1.165) is 37.4 Å². The highest BCUT2D eigenvalue weighted by molar-refractivity contribution is 6.01. The Morgan fingerprint density at radius 3 is 2.58 bits per heavy atom. The lowest BCUT2D eigenvalue weighted by Crippen LogP contribution is -2.44. The van der Waals surface area contributed by atoms with Crippen molar-refractivity contribution in [3.05, 3.63) is 83.9 Å². The molecule has 1 saturated heterocycles. The number of nitrogens with zero attached hydrogens (tertiary/aromatic N) is 7. The number of aryl methyl sites for hydroxylation is 1. The number of benzene rings is 3. The number of anilines is 4. The number of nitrogens with one attached hydrogen (secondary N) is 2. The Morgan fingerprint density at radius 1 is 1.02 bits per heavy atom. The summed E-state index contributed by atoms with van der Waals surface area (Å²) in [6.07, 6.45) is 1.32. The molecular weight excluding hydrogens is 547 g/mol. The molecule has 0 radical (unpaired) electrons. The van der Waals surface area contributed by atoms with Gasteiger partial charge in [-0.1, -0.05) is 18.2 Å². The Balaban J connectivity index is 1.33. The van der Waals surface area contributed by atoms with Crippen LogP contribution in [-0.2, 0) is 0 Å². The summed E-state index contributed by atoms with van der Waals surface area (Å²) < 4.78 is 16.8. The summed E-state index contributed by atoms with van der Waals surface area (Å²) in [6, 6.07) is 19.0. The standard InChI is InChI=1S/C31H29FN10O/c1-19-4-3-5-22(14-19)37-31(43)38-25-8-6-20(16-24(25)32)28-27-29(34)35-18-36-30(27)42(39-28)26-9-7-23(15-21(26)17-33)41-12-10-40(2)11-13-41/h3-9,14-16,18H,10-13H2,1-2H3,(H2,34,35,36)(H2,37,38,43). The number of likely N-dealkylation sites (N-methyl/N-ethyl adjacent to an activating group) is 1. The normalized spacial score (nSPS) is 13.6. The summed E-state index contributed by atoms with van der Waals surface area (Å²) in [5.41, 5.74) is 10.8. The second-order valence-electron chi connectivity index (χ2n) is 10.5. The van der Waals surface area contributed by atoms with Gasteiger partial charge in [0.2, 0.25) is 0 Å². The van der Waals surface area contributed by atoms with Gasteiger partial charge in [0, 0.05) is 43.1 Å². The molecule has 3 aromatic carbocycles. The molecule has 1 aliphatic heterocycles. The number of nitrogen functional groups attached to an aromatic ring is 1. The second kappa shape index (κ2) is 11.4. The van der Waals surface area contributed by atoms with E-state index < -0.39 is 11.8 Å². The zero-order valence-electron chi connectivity index (χ0n) is 23.7. The fourth-order valence-electron chi connectivity index (χ4n) is 5.18. The van der Waals surface area contributed by atoms with Crippen LogP contribution in [0.4, 0.5) is 32.1 Å². The van der Waals surface area contributed by atoms with Crippen LogP contribution in [0.3, 0.4) is 0 Å².